The highest BCUT2D eigenvalue weighted by Crippen LogP contribution is 2.25. The number of hydrogen-bond donors (Lipinski definition) is 1. The van der Waals surface area contributed by atoms with Crippen LogP contribution in [0.5, 0.6) is 0 Å². The fraction of sp³-hybridized carbons (Fsp3) is 0.611. The number of hydrogen-bond acceptors (Lipinski definition) is 2. The van der Waals surface area contributed by atoms with Crippen LogP contribution >= 0.6 is 0 Å². The van der Waals surface area contributed by atoms with Crippen LogP contribution in [0.1, 0.15) is 50.5 Å². The fourth-order valence-corrected chi connectivity index (χ4v) is 2.48. The molecule has 21 heavy (non-hydrogen) atoms. The van der Waals surface area contributed by atoms with Crippen molar-refractivity contribution in [3.63, 3.8) is 0 Å². The van der Waals surface area contributed by atoms with Crippen molar-refractivity contribution in [2.24, 2.45) is 0 Å². The van der Waals surface area contributed by atoms with Gasteiger partial charge in [-0.05, 0) is 45.0 Å². The van der Waals surface area contributed by atoms with Crippen LogP contribution in [0.2, 0.25) is 0 Å². The number of unbranched alkanes of at least 4 members (excludes halogenated alkanes) is 1. The average Bonchev–Trinajstić information content (AvgIpc) is 2.48. The van der Waals surface area contributed by atoms with Gasteiger partial charge >= 0.3 is 0 Å². The Kier molecular flexibility index (Phi) is 8.76. The van der Waals surface area contributed by atoms with Crippen LogP contribution in [0.25, 0.3) is 0 Å². The van der Waals surface area contributed by atoms with Crippen LogP contribution in [-0.2, 0) is 4.79 Å². The Morgan fingerprint density at radius 3 is 2.52 bits per heavy atom. The molecule has 1 rings (SSSR count). The van der Waals surface area contributed by atoms with Crippen LogP contribution < -0.4 is 5.32 Å². The zero-order valence-electron chi connectivity index (χ0n) is 13.8. The maximum absolute atomic E-state index is 12.1. The minimum Gasteiger partial charge on any atom is -0.356 e. The van der Waals surface area contributed by atoms with Crippen molar-refractivity contribution in [1.29, 1.82) is 0 Å². The molecule has 0 spiro atoms. The predicted octanol–water partition coefficient (Wildman–Crippen LogP) is 3.42. The maximum Gasteiger partial charge on any atom is 0.220 e. The second-order valence-corrected chi connectivity index (χ2v) is 5.96. The summed E-state index contributed by atoms with van der Waals surface area (Å²) >= 11 is 0. The van der Waals surface area contributed by atoms with Crippen molar-refractivity contribution in [2.45, 2.75) is 44.9 Å². The number of amides is 1. The SMILES string of the molecule is CCCCC(CC(=O)NCCCN(C)C)c1ccccc1. The summed E-state index contributed by atoms with van der Waals surface area (Å²) in [5.41, 5.74) is 1.29. The molecular weight excluding hydrogens is 260 g/mol. The number of benzene rings is 1. The van der Waals surface area contributed by atoms with Gasteiger partial charge in [-0.2, -0.15) is 0 Å². The topological polar surface area (TPSA) is 32.3 Å². The highest BCUT2D eigenvalue weighted by atomic mass is 16.1. The predicted molar refractivity (Wildman–Crippen MR) is 89.5 cm³/mol. The quantitative estimate of drug-likeness (QED) is 0.670. The van der Waals surface area contributed by atoms with E-state index < -0.39 is 0 Å². The second-order valence-electron chi connectivity index (χ2n) is 5.96. The van der Waals surface area contributed by atoms with Gasteiger partial charge in [-0.1, -0.05) is 50.1 Å². The van der Waals surface area contributed by atoms with E-state index in [2.05, 4.69) is 55.5 Å². The zero-order valence-corrected chi connectivity index (χ0v) is 13.8. The Hall–Kier alpha value is -1.35. The molecule has 0 bridgehead atoms. The molecule has 1 amide bonds. The Morgan fingerprint density at radius 1 is 1.19 bits per heavy atom. The second kappa shape index (κ2) is 10.4. The highest BCUT2D eigenvalue weighted by Gasteiger charge is 2.15. The van der Waals surface area contributed by atoms with E-state index >= 15 is 0 Å². The number of rotatable bonds is 10. The number of nitrogens with one attached hydrogen (secondary N) is 1. The molecule has 0 radical (unpaired) electrons. The van der Waals surface area contributed by atoms with Crippen LogP contribution in [0, 0.1) is 0 Å². The lowest BCUT2D eigenvalue weighted by Gasteiger charge is -2.17. The van der Waals surface area contributed by atoms with Gasteiger partial charge in [-0.25, -0.2) is 0 Å². The largest absolute Gasteiger partial charge is 0.356 e. The standard InChI is InChI=1S/C18H30N2O/c1-4-5-10-17(16-11-7-6-8-12-16)15-18(21)19-13-9-14-20(2)3/h6-8,11-12,17H,4-5,9-10,13-15H2,1-3H3,(H,19,21). The summed E-state index contributed by atoms with van der Waals surface area (Å²) in [4.78, 5) is 14.2. The lowest BCUT2D eigenvalue weighted by atomic mass is 9.90. The number of carbonyl (C=O) groups excluding carboxylic acids is 1. The third-order valence-corrected chi connectivity index (χ3v) is 3.71. The van der Waals surface area contributed by atoms with Crippen molar-refractivity contribution >= 4 is 5.91 Å². The van der Waals surface area contributed by atoms with Crippen LogP contribution in [0.15, 0.2) is 30.3 Å². The monoisotopic (exact) mass is 290 g/mol. The Morgan fingerprint density at radius 2 is 1.90 bits per heavy atom. The molecule has 1 aromatic carbocycles. The molecule has 3 heteroatoms. The van der Waals surface area contributed by atoms with Crippen molar-refractivity contribution in [3.05, 3.63) is 35.9 Å². The molecule has 3 nitrogen and oxygen atoms in total. The van der Waals surface area contributed by atoms with Gasteiger partial charge in [-0.15, -0.1) is 0 Å². The van der Waals surface area contributed by atoms with Gasteiger partial charge in [0.2, 0.25) is 5.91 Å². The van der Waals surface area contributed by atoms with Crippen LogP contribution in [0.3, 0.4) is 0 Å². The molecule has 0 heterocycles. The van der Waals surface area contributed by atoms with Gasteiger partial charge in [0.15, 0.2) is 0 Å². The van der Waals surface area contributed by atoms with E-state index in [1.807, 2.05) is 6.07 Å². The molecule has 1 atom stereocenters. The lowest BCUT2D eigenvalue weighted by molar-refractivity contribution is -0.121. The van der Waals surface area contributed by atoms with Gasteiger partial charge in [0, 0.05) is 13.0 Å². The first-order chi connectivity index (χ1) is 10.1. The molecule has 0 saturated carbocycles. The average molecular weight is 290 g/mol. The Balaban J connectivity index is 2.43. The van der Waals surface area contributed by atoms with Gasteiger partial charge in [-0.3, -0.25) is 4.79 Å². The summed E-state index contributed by atoms with van der Waals surface area (Å²) in [6.07, 6.45) is 5.04. The first-order valence-electron chi connectivity index (χ1n) is 8.09. The van der Waals surface area contributed by atoms with Crippen LogP contribution in [-0.4, -0.2) is 38.0 Å². The lowest BCUT2D eigenvalue weighted by Crippen LogP contribution is -2.28. The molecule has 1 aromatic rings. The van der Waals surface area contributed by atoms with Gasteiger partial charge in [0.25, 0.3) is 0 Å². The Labute approximate surface area is 129 Å². The highest BCUT2D eigenvalue weighted by molar-refractivity contribution is 5.76. The van der Waals surface area contributed by atoms with E-state index in [0.717, 1.165) is 25.9 Å². The fourth-order valence-electron chi connectivity index (χ4n) is 2.48. The summed E-state index contributed by atoms with van der Waals surface area (Å²) in [5, 5.41) is 3.05. The number of carbonyl (C=O) groups is 1. The maximum atomic E-state index is 12.1. The molecule has 0 fully saturated rings. The number of nitrogens with zero attached hydrogens (tertiary/aromatic N) is 1. The molecule has 118 valence electrons. The Bertz CT molecular complexity index is 389. The van der Waals surface area contributed by atoms with E-state index in [-0.39, 0.29) is 5.91 Å². The summed E-state index contributed by atoms with van der Waals surface area (Å²) in [6, 6.07) is 10.4. The minimum atomic E-state index is 0.179. The molecule has 1 N–H and O–H groups in total. The van der Waals surface area contributed by atoms with Crippen molar-refractivity contribution in [2.75, 3.05) is 27.2 Å². The molecule has 0 aliphatic carbocycles. The van der Waals surface area contributed by atoms with E-state index in [1.54, 1.807) is 0 Å². The first-order valence-corrected chi connectivity index (χ1v) is 8.09. The molecule has 0 aromatic heterocycles. The van der Waals surface area contributed by atoms with E-state index in [0.29, 0.717) is 12.3 Å². The first kappa shape index (κ1) is 17.7. The summed E-state index contributed by atoms with van der Waals surface area (Å²) in [7, 11) is 4.11. The van der Waals surface area contributed by atoms with Crippen molar-refractivity contribution < 1.29 is 4.79 Å². The van der Waals surface area contributed by atoms with E-state index in [9.17, 15) is 4.79 Å². The molecule has 0 aliphatic rings. The zero-order chi connectivity index (χ0) is 15.5. The normalized spacial score (nSPS) is 12.4. The third kappa shape index (κ3) is 7.86. The van der Waals surface area contributed by atoms with E-state index in [1.165, 1.54) is 18.4 Å². The summed E-state index contributed by atoms with van der Waals surface area (Å²) < 4.78 is 0. The molecule has 0 aliphatic heterocycles. The van der Waals surface area contributed by atoms with Crippen molar-refractivity contribution in [3.8, 4) is 0 Å². The molecular formula is C18H30N2O. The summed E-state index contributed by atoms with van der Waals surface area (Å²) in [6.45, 7) is 3.98. The molecule has 0 saturated heterocycles. The third-order valence-electron chi connectivity index (χ3n) is 3.71. The van der Waals surface area contributed by atoms with Crippen molar-refractivity contribution in [1.82, 2.24) is 10.2 Å². The van der Waals surface area contributed by atoms with E-state index in [4.69, 9.17) is 0 Å². The molecule has 1 unspecified atom stereocenters. The smallest absolute Gasteiger partial charge is 0.220 e. The summed E-state index contributed by atoms with van der Waals surface area (Å²) in [5.74, 6) is 0.527. The van der Waals surface area contributed by atoms with Gasteiger partial charge < -0.3 is 10.2 Å². The minimum absolute atomic E-state index is 0.179. The van der Waals surface area contributed by atoms with Crippen LogP contribution in [0.4, 0.5) is 0 Å². The van der Waals surface area contributed by atoms with Gasteiger partial charge in [0.05, 0.1) is 0 Å². The van der Waals surface area contributed by atoms with Gasteiger partial charge in [0.1, 0.15) is 0 Å².